The van der Waals surface area contributed by atoms with Crippen molar-refractivity contribution in [2.75, 3.05) is 11.9 Å². The minimum atomic E-state index is -0.167. The third-order valence-electron chi connectivity index (χ3n) is 4.80. The number of carbonyl (C=O) groups excluding carboxylic acids is 1. The number of carbonyl (C=O) groups is 1. The molecule has 3 aromatic rings. The normalized spacial score (nSPS) is 13.1. The highest BCUT2D eigenvalue weighted by Crippen LogP contribution is 2.22. The Kier molecular flexibility index (Phi) is 6.44. The van der Waals surface area contributed by atoms with E-state index in [1.165, 1.54) is 5.56 Å². The predicted molar refractivity (Wildman–Crippen MR) is 109 cm³/mol. The highest BCUT2D eigenvalue weighted by molar-refractivity contribution is 5.92. The molecule has 0 aliphatic rings. The van der Waals surface area contributed by atoms with E-state index in [9.17, 15) is 4.79 Å². The van der Waals surface area contributed by atoms with Crippen LogP contribution in [-0.4, -0.2) is 12.5 Å². The fourth-order valence-electron chi connectivity index (χ4n) is 3.01. The number of hydrogen-bond acceptors (Lipinski definition) is 3. The molecule has 4 heteroatoms. The van der Waals surface area contributed by atoms with Crippen LogP contribution in [0.3, 0.4) is 0 Å². The maximum Gasteiger partial charge on any atom is 0.238 e. The zero-order valence-corrected chi connectivity index (χ0v) is 15.8. The second kappa shape index (κ2) is 9.19. The first-order valence-electron chi connectivity index (χ1n) is 9.39. The first-order valence-corrected chi connectivity index (χ1v) is 9.39. The molecule has 0 saturated carbocycles. The Hall–Kier alpha value is -2.85. The van der Waals surface area contributed by atoms with Crippen molar-refractivity contribution in [3.63, 3.8) is 0 Å². The number of benzene rings is 2. The van der Waals surface area contributed by atoms with Crippen LogP contribution < -0.4 is 10.6 Å². The Labute approximate surface area is 160 Å². The van der Waals surface area contributed by atoms with E-state index in [1.54, 1.807) is 6.26 Å². The topological polar surface area (TPSA) is 54.3 Å². The van der Waals surface area contributed by atoms with Crippen LogP contribution in [0.4, 0.5) is 5.69 Å². The van der Waals surface area contributed by atoms with Crippen LogP contribution in [0.2, 0.25) is 0 Å². The molecule has 2 aromatic carbocycles. The molecule has 0 aliphatic heterocycles. The molecule has 3 rings (SSSR count). The lowest BCUT2D eigenvalue weighted by Gasteiger charge is -2.17. The summed E-state index contributed by atoms with van der Waals surface area (Å²) in [6.45, 7) is 4.57. The van der Waals surface area contributed by atoms with Gasteiger partial charge in [0.1, 0.15) is 5.76 Å². The summed E-state index contributed by atoms with van der Waals surface area (Å²) in [5.41, 5.74) is 3.15. The molecule has 0 aliphatic carbocycles. The smallest absolute Gasteiger partial charge is 0.238 e. The summed E-state index contributed by atoms with van der Waals surface area (Å²) in [5, 5.41) is 6.24. The second-order valence-corrected chi connectivity index (χ2v) is 6.72. The Morgan fingerprint density at radius 3 is 2.33 bits per heavy atom. The van der Waals surface area contributed by atoms with Gasteiger partial charge in [0.25, 0.3) is 0 Å². The molecule has 2 atom stereocenters. The van der Waals surface area contributed by atoms with Crippen LogP contribution in [0.25, 0.3) is 0 Å². The van der Waals surface area contributed by atoms with Gasteiger partial charge in [0, 0.05) is 5.69 Å². The van der Waals surface area contributed by atoms with Gasteiger partial charge in [0.05, 0.1) is 18.8 Å². The molecule has 140 valence electrons. The third-order valence-corrected chi connectivity index (χ3v) is 4.80. The van der Waals surface area contributed by atoms with Gasteiger partial charge in [0.15, 0.2) is 0 Å². The largest absolute Gasteiger partial charge is 0.467 e. The van der Waals surface area contributed by atoms with Gasteiger partial charge in [-0.1, -0.05) is 56.3 Å². The number of rotatable bonds is 8. The summed E-state index contributed by atoms with van der Waals surface area (Å²) in [6.07, 6.45) is 2.75. The van der Waals surface area contributed by atoms with E-state index in [2.05, 4.69) is 36.6 Å². The molecule has 0 radical (unpaired) electrons. The maximum atomic E-state index is 12.4. The Balaban J connectivity index is 1.61. The highest BCUT2D eigenvalue weighted by Gasteiger charge is 2.17. The SMILES string of the molecule is CC[C@@H](C)c1ccc(NC(=O)CN[C@@H](c2ccccc2)c2ccco2)cc1. The summed E-state index contributed by atoms with van der Waals surface area (Å²) in [5.74, 6) is 1.22. The third kappa shape index (κ3) is 5.08. The standard InChI is InChI=1S/C23H26N2O2/c1-3-17(2)18-11-13-20(14-12-18)25-22(26)16-24-23(21-10-7-15-27-21)19-8-5-4-6-9-19/h4-15,17,23-24H,3,16H2,1-2H3,(H,25,26)/t17-,23+/m1/s1. The van der Waals surface area contributed by atoms with Crippen molar-refractivity contribution in [3.05, 3.63) is 89.9 Å². The van der Waals surface area contributed by atoms with E-state index in [0.29, 0.717) is 5.92 Å². The Morgan fingerprint density at radius 1 is 0.963 bits per heavy atom. The highest BCUT2D eigenvalue weighted by atomic mass is 16.3. The van der Waals surface area contributed by atoms with Crippen LogP contribution in [0.15, 0.2) is 77.4 Å². The van der Waals surface area contributed by atoms with Gasteiger partial charge in [-0.3, -0.25) is 10.1 Å². The van der Waals surface area contributed by atoms with E-state index in [0.717, 1.165) is 23.4 Å². The van der Waals surface area contributed by atoms with Crippen molar-refractivity contribution < 1.29 is 9.21 Å². The molecule has 1 heterocycles. The Bertz CT molecular complexity index is 827. The number of nitrogens with one attached hydrogen (secondary N) is 2. The quantitative estimate of drug-likeness (QED) is 0.585. The zero-order chi connectivity index (χ0) is 19.1. The minimum absolute atomic E-state index is 0.0845. The number of amides is 1. The summed E-state index contributed by atoms with van der Waals surface area (Å²) >= 11 is 0. The van der Waals surface area contributed by atoms with E-state index in [1.807, 2.05) is 54.6 Å². The second-order valence-electron chi connectivity index (χ2n) is 6.72. The average molecular weight is 362 g/mol. The van der Waals surface area contributed by atoms with Crippen LogP contribution in [0, 0.1) is 0 Å². The molecule has 0 fully saturated rings. The lowest BCUT2D eigenvalue weighted by atomic mass is 9.99. The summed E-state index contributed by atoms with van der Waals surface area (Å²) < 4.78 is 5.55. The maximum absolute atomic E-state index is 12.4. The van der Waals surface area contributed by atoms with Crippen LogP contribution in [-0.2, 0) is 4.79 Å². The average Bonchev–Trinajstić information content (AvgIpc) is 3.23. The van der Waals surface area contributed by atoms with E-state index >= 15 is 0 Å². The fraction of sp³-hybridized carbons (Fsp3) is 0.261. The van der Waals surface area contributed by atoms with Gasteiger partial charge >= 0.3 is 0 Å². The number of furan rings is 1. The molecule has 1 aromatic heterocycles. The van der Waals surface area contributed by atoms with Gasteiger partial charge in [0.2, 0.25) is 5.91 Å². The number of hydrogen-bond donors (Lipinski definition) is 2. The molecule has 0 unspecified atom stereocenters. The van der Waals surface area contributed by atoms with Gasteiger partial charge in [-0.05, 0) is 47.7 Å². The molecule has 0 saturated heterocycles. The van der Waals surface area contributed by atoms with Gasteiger partial charge < -0.3 is 9.73 Å². The monoisotopic (exact) mass is 362 g/mol. The molecule has 4 nitrogen and oxygen atoms in total. The number of anilines is 1. The molecule has 1 amide bonds. The molecule has 2 N–H and O–H groups in total. The molecule has 0 spiro atoms. The Morgan fingerprint density at radius 2 is 1.70 bits per heavy atom. The van der Waals surface area contributed by atoms with E-state index in [4.69, 9.17) is 4.42 Å². The van der Waals surface area contributed by atoms with Crippen molar-refractivity contribution in [2.45, 2.75) is 32.2 Å². The molecule has 27 heavy (non-hydrogen) atoms. The van der Waals surface area contributed by atoms with Gasteiger partial charge in [-0.25, -0.2) is 0 Å². The minimum Gasteiger partial charge on any atom is -0.467 e. The van der Waals surface area contributed by atoms with Crippen molar-refractivity contribution >= 4 is 11.6 Å². The molecular formula is C23H26N2O2. The summed E-state index contributed by atoms with van der Waals surface area (Å²) in [4.78, 5) is 12.4. The van der Waals surface area contributed by atoms with Crippen molar-refractivity contribution in [1.29, 1.82) is 0 Å². The van der Waals surface area contributed by atoms with Crippen LogP contribution in [0.5, 0.6) is 0 Å². The first-order chi connectivity index (χ1) is 13.2. The van der Waals surface area contributed by atoms with Gasteiger partial charge in [-0.2, -0.15) is 0 Å². The van der Waals surface area contributed by atoms with Crippen LogP contribution >= 0.6 is 0 Å². The molecule has 0 bridgehead atoms. The van der Waals surface area contributed by atoms with Crippen molar-refractivity contribution in [3.8, 4) is 0 Å². The fourth-order valence-corrected chi connectivity index (χ4v) is 3.01. The first kappa shape index (κ1) is 18.9. The summed E-state index contributed by atoms with van der Waals surface area (Å²) in [6, 6.07) is 21.6. The lowest BCUT2D eigenvalue weighted by molar-refractivity contribution is -0.115. The molecular weight excluding hydrogens is 336 g/mol. The predicted octanol–water partition coefficient (Wildman–Crippen LogP) is 5.11. The lowest BCUT2D eigenvalue weighted by Crippen LogP contribution is -2.31. The van der Waals surface area contributed by atoms with Crippen molar-refractivity contribution in [1.82, 2.24) is 5.32 Å². The van der Waals surface area contributed by atoms with Gasteiger partial charge in [-0.15, -0.1) is 0 Å². The van der Waals surface area contributed by atoms with E-state index in [-0.39, 0.29) is 18.5 Å². The zero-order valence-electron chi connectivity index (χ0n) is 15.8. The van der Waals surface area contributed by atoms with Crippen LogP contribution in [0.1, 0.15) is 49.1 Å². The summed E-state index contributed by atoms with van der Waals surface area (Å²) in [7, 11) is 0. The van der Waals surface area contributed by atoms with E-state index < -0.39 is 0 Å². The van der Waals surface area contributed by atoms with Crippen molar-refractivity contribution in [2.24, 2.45) is 0 Å².